The Morgan fingerprint density at radius 3 is 2.55 bits per heavy atom. The number of amides is 2. The number of benzene rings is 1. The lowest BCUT2D eigenvalue weighted by Gasteiger charge is -2.48. The van der Waals surface area contributed by atoms with Gasteiger partial charge in [-0.3, -0.25) is 9.59 Å². The van der Waals surface area contributed by atoms with Gasteiger partial charge in [-0.25, -0.2) is 0 Å². The molecule has 3 fully saturated rings. The van der Waals surface area contributed by atoms with Gasteiger partial charge in [-0.1, -0.05) is 17.7 Å². The zero-order chi connectivity index (χ0) is 21.8. The second-order valence-electron chi connectivity index (χ2n) is 9.45. The molecule has 1 unspecified atom stereocenters. The van der Waals surface area contributed by atoms with Crippen molar-refractivity contribution in [1.82, 2.24) is 14.4 Å². The summed E-state index contributed by atoms with van der Waals surface area (Å²) in [7, 11) is 1.89. The largest absolute Gasteiger partial charge is 0.393 e. The average molecular weight is 444 g/mol. The first-order chi connectivity index (χ1) is 14.9. The minimum atomic E-state index is -0.723. The maximum atomic E-state index is 13.8. The van der Waals surface area contributed by atoms with Crippen LogP contribution in [0.5, 0.6) is 0 Å². The highest BCUT2D eigenvalue weighted by atomic mass is 35.5. The van der Waals surface area contributed by atoms with Gasteiger partial charge >= 0.3 is 0 Å². The number of piperidine rings is 1. The van der Waals surface area contributed by atoms with Crippen LogP contribution in [0.3, 0.4) is 0 Å². The molecule has 3 heterocycles. The lowest BCUT2D eigenvalue weighted by molar-refractivity contribution is -0.149. The minimum Gasteiger partial charge on any atom is -0.393 e. The van der Waals surface area contributed by atoms with E-state index in [0.29, 0.717) is 17.3 Å². The van der Waals surface area contributed by atoms with E-state index >= 15 is 0 Å². The van der Waals surface area contributed by atoms with Crippen molar-refractivity contribution in [2.24, 2.45) is 7.05 Å². The van der Waals surface area contributed by atoms with Crippen molar-refractivity contribution in [3.8, 4) is 0 Å². The predicted molar refractivity (Wildman–Crippen MR) is 120 cm³/mol. The van der Waals surface area contributed by atoms with Crippen molar-refractivity contribution in [3.63, 3.8) is 0 Å². The molecule has 2 aromatic rings. The molecule has 31 heavy (non-hydrogen) atoms. The Bertz CT molecular complexity index is 1030. The summed E-state index contributed by atoms with van der Waals surface area (Å²) in [6.07, 6.45) is 6.20. The van der Waals surface area contributed by atoms with Gasteiger partial charge in [-0.05, 0) is 69.6 Å². The maximum Gasteiger partial charge on any atom is 0.271 e. The Kier molecular flexibility index (Phi) is 5.25. The fraction of sp³-hybridized carbons (Fsp3) is 0.583. The van der Waals surface area contributed by atoms with Crippen molar-refractivity contribution >= 4 is 34.3 Å². The molecule has 1 atom stereocenters. The standard InChI is InChI=1S/C24H30ClN3O3/c1-26-20-15-17(25)5-4-16(20)14-21(26)22(30)28-13-3-11-24(28)10-2-12-27(23(24)31)18-6-8-19(29)9-7-18/h4-5,14-15,18-19,29H,2-3,6-13H2,1H3. The smallest absolute Gasteiger partial charge is 0.271 e. The van der Waals surface area contributed by atoms with Gasteiger partial charge in [0.15, 0.2) is 0 Å². The summed E-state index contributed by atoms with van der Waals surface area (Å²) < 4.78 is 1.89. The molecule has 0 bridgehead atoms. The fourth-order valence-corrected chi connectivity index (χ4v) is 6.21. The van der Waals surface area contributed by atoms with Gasteiger partial charge < -0.3 is 19.5 Å². The molecule has 1 saturated carbocycles. The molecule has 2 aliphatic heterocycles. The van der Waals surface area contributed by atoms with E-state index in [1.54, 1.807) is 0 Å². The number of hydrogen-bond donors (Lipinski definition) is 1. The zero-order valence-corrected chi connectivity index (χ0v) is 18.8. The van der Waals surface area contributed by atoms with Crippen LogP contribution in [-0.4, -0.2) is 62.1 Å². The van der Waals surface area contributed by atoms with Crippen molar-refractivity contribution in [1.29, 1.82) is 0 Å². The van der Waals surface area contributed by atoms with Crippen LogP contribution in [-0.2, 0) is 11.8 Å². The second-order valence-corrected chi connectivity index (χ2v) is 9.88. The first kappa shape index (κ1) is 20.8. The highest BCUT2D eigenvalue weighted by molar-refractivity contribution is 6.31. The summed E-state index contributed by atoms with van der Waals surface area (Å²) in [5, 5.41) is 11.5. The molecule has 7 heteroatoms. The van der Waals surface area contributed by atoms with Crippen LogP contribution < -0.4 is 0 Å². The minimum absolute atomic E-state index is 0.0680. The average Bonchev–Trinajstić information content (AvgIpc) is 3.33. The normalized spacial score (nSPS) is 29.3. The van der Waals surface area contributed by atoms with Crippen LogP contribution in [0, 0.1) is 0 Å². The number of carbonyl (C=O) groups excluding carboxylic acids is 2. The van der Waals surface area contributed by atoms with Crippen LogP contribution in [0.25, 0.3) is 10.9 Å². The third-order valence-corrected chi connectivity index (χ3v) is 7.95. The van der Waals surface area contributed by atoms with E-state index in [1.165, 1.54) is 0 Å². The third kappa shape index (κ3) is 3.35. The number of nitrogens with zero attached hydrogens (tertiary/aromatic N) is 3. The monoisotopic (exact) mass is 443 g/mol. The van der Waals surface area contributed by atoms with Crippen LogP contribution >= 0.6 is 11.6 Å². The number of fused-ring (bicyclic) bond motifs is 1. The molecule has 5 rings (SSSR count). The van der Waals surface area contributed by atoms with Gasteiger partial charge in [-0.15, -0.1) is 0 Å². The molecule has 0 radical (unpaired) electrons. The van der Waals surface area contributed by atoms with Gasteiger partial charge in [-0.2, -0.15) is 0 Å². The molecule has 1 aromatic carbocycles. The molecule has 1 spiro atoms. The molecular weight excluding hydrogens is 414 g/mol. The SMILES string of the molecule is Cn1c(C(=O)N2CCCC23CCCN(C2CCC(O)CC2)C3=O)cc2ccc(Cl)cc21. The number of likely N-dealkylation sites (tertiary alicyclic amines) is 2. The number of halogens is 1. The quantitative estimate of drug-likeness (QED) is 0.769. The molecule has 166 valence electrons. The molecule has 3 aliphatic rings. The topological polar surface area (TPSA) is 65.8 Å². The molecule has 1 N–H and O–H groups in total. The number of hydrogen-bond acceptors (Lipinski definition) is 3. The van der Waals surface area contributed by atoms with Crippen LogP contribution in [0.15, 0.2) is 24.3 Å². The molecule has 1 aromatic heterocycles. The van der Waals surface area contributed by atoms with Crippen molar-refractivity contribution in [3.05, 3.63) is 35.0 Å². The molecule has 1 aliphatic carbocycles. The second kappa shape index (κ2) is 7.82. The van der Waals surface area contributed by atoms with Gasteiger partial charge in [0, 0.05) is 42.1 Å². The van der Waals surface area contributed by atoms with Crippen LogP contribution in [0.2, 0.25) is 5.02 Å². The Morgan fingerprint density at radius 1 is 1.10 bits per heavy atom. The summed E-state index contributed by atoms with van der Waals surface area (Å²) in [5.41, 5.74) is 0.796. The predicted octanol–water partition coefficient (Wildman–Crippen LogP) is 3.73. The Hall–Kier alpha value is -2.05. The summed E-state index contributed by atoms with van der Waals surface area (Å²) in [6, 6.07) is 7.73. The Morgan fingerprint density at radius 2 is 1.81 bits per heavy atom. The first-order valence-corrected chi connectivity index (χ1v) is 11.8. The summed E-state index contributed by atoms with van der Waals surface area (Å²) in [4.78, 5) is 31.4. The van der Waals surface area contributed by atoms with Gasteiger partial charge in [0.1, 0.15) is 11.2 Å². The highest BCUT2D eigenvalue weighted by Gasteiger charge is 2.54. The van der Waals surface area contributed by atoms with Crippen molar-refractivity contribution < 1.29 is 14.7 Å². The zero-order valence-electron chi connectivity index (χ0n) is 18.0. The van der Waals surface area contributed by atoms with Crippen LogP contribution in [0.4, 0.5) is 0 Å². The first-order valence-electron chi connectivity index (χ1n) is 11.5. The van der Waals surface area contributed by atoms with Gasteiger partial charge in [0.25, 0.3) is 5.91 Å². The number of aryl methyl sites for hydroxylation is 1. The van der Waals surface area contributed by atoms with Crippen molar-refractivity contribution in [2.45, 2.75) is 69.1 Å². The number of carbonyl (C=O) groups is 2. The fourth-order valence-electron chi connectivity index (χ4n) is 6.04. The summed E-state index contributed by atoms with van der Waals surface area (Å²) >= 11 is 6.17. The third-order valence-electron chi connectivity index (χ3n) is 7.72. The highest BCUT2D eigenvalue weighted by Crippen LogP contribution is 2.41. The number of aromatic nitrogens is 1. The number of aliphatic hydroxyl groups excluding tert-OH is 1. The van der Waals surface area contributed by atoms with E-state index in [4.69, 9.17) is 11.6 Å². The van der Waals surface area contributed by atoms with E-state index in [2.05, 4.69) is 0 Å². The maximum absolute atomic E-state index is 13.8. The van der Waals surface area contributed by atoms with E-state index in [0.717, 1.165) is 68.8 Å². The van der Waals surface area contributed by atoms with Crippen LogP contribution in [0.1, 0.15) is 61.9 Å². The lowest BCUT2D eigenvalue weighted by Crippen LogP contribution is -2.63. The lowest BCUT2D eigenvalue weighted by atomic mass is 9.82. The van der Waals surface area contributed by atoms with E-state index in [1.807, 2.05) is 45.7 Å². The van der Waals surface area contributed by atoms with E-state index in [-0.39, 0.29) is 24.0 Å². The Labute approximate surface area is 187 Å². The summed E-state index contributed by atoms with van der Waals surface area (Å²) in [5.74, 6) is 0.0504. The number of rotatable bonds is 2. The van der Waals surface area contributed by atoms with Gasteiger partial charge in [0.05, 0.1) is 6.10 Å². The Balaban J connectivity index is 1.45. The number of aliphatic hydroxyl groups is 1. The molecule has 6 nitrogen and oxygen atoms in total. The van der Waals surface area contributed by atoms with Crippen molar-refractivity contribution in [2.75, 3.05) is 13.1 Å². The van der Waals surface area contributed by atoms with Gasteiger partial charge in [0.2, 0.25) is 5.91 Å². The molecular formula is C24H30ClN3O3. The molecule has 2 amide bonds. The van der Waals surface area contributed by atoms with E-state index < -0.39 is 5.54 Å². The summed E-state index contributed by atoms with van der Waals surface area (Å²) in [6.45, 7) is 1.37. The molecule has 2 saturated heterocycles. The van der Waals surface area contributed by atoms with E-state index in [9.17, 15) is 14.7 Å².